The number of ether oxygens (including phenoxy) is 1. The lowest BCUT2D eigenvalue weighted by molar-refractivity contribution is 0.332. The van der Waals surface area contributed by atoms with Crippen LogP contribution in [0.15, 0.2) is 30.3 Å². The molecular weight excluding hydrogens is 254 g/mol. The summed E-state index contributed by atoms with van der Waals surface area (Å²) < 4.78 is 5.64. The fourth-order valence-electron chi connectivity index (χ4n) is 1.74. The molecule has 0 aliphatic heterocycles. The number of nitrogens with one attached hydrogen (secondary N) is 2. The van der Waals surface area contributed by atoms with E-state index in [1.165, 1.54) is 5.56 Å². The number of hydrogen-bond donors (Lipinski definition) is 3. The first-order valence-corrected chi connectivity index (χ1v) is 6.43. The molecule has 1 heterocycles. The van der Waals surface area contributed by atoms with Gasteiger partial charge in [-0.1, -0.05) is 12.1 Å². The Kier molecular flexibility index (Phi) is 4.60. The van der Waals surface area contributed by atoms with Crippen LogP contribution in [0.25, 0.3) is 0 Å². The molecule has 1 aromatic heterocycles. The Labute approximate surface area is 118 Å². The number of benzene rings is 1. The maximum Gasteiger partial charge on any atom is 0.223 e. The summed E-state index contributed by atoms with van der Waals surface area (Å²) in [6.45, 7) is 3.21. The molecule has 106 valence electrons. The minimum absolute atomic E-state index is 0.235. The minimum atomic E-state index is 0.235. The predicted molar refractivity (Wildman–Crippen MR) is 81.2 cm³/mol. The Morgan fingerprint density at radius 2 is 2.00 bits per heavy atom. The van der Waals surface area contributed by atoms with Crippen LogP contribution >= 0.6 is 0 Å². The molecule has 1 aromatic carbocycles. The van der Waals surface area contributed by atoms with Gasteiger partial charge in [0, 0.05) is 13.1 Å². The molecule has 2 aromatic rings. The number of anilines is 3. The average molecular weight is 273 g/mol. The van der Waals surface area contributed by atoms with Crippen LogP contribution in [0, 0.1) is 6.92 Å². The molecule has 0 atom stereocenters. The average Bonchev–Trinajstić information content (AvgIpc) is 2.43. The first-order valence-electron chi connectivity index (χ1n) is 6.43. The zero-order valence-corrected chi connectivity index (χ0v) is 11.7. The van der Waals surface area contributed by atoms with E-state index in [9.17, 15) is 0 Å². The number of hydrogen-bond acceptors (Lipinski definition) is 6. The van der Waals surface area contributed by atoms with Crippen molar-refractivity contribution in [1.29, 1.82) is 0 Å². The molecule has 0 saturated heterocycles. The minimum Gasteiger partial charge on any atom is -0.492 e. The van der Waals surface area contributed by atoms with Gasteiger partial charge in [-0.25, -0.2) is 0 Å². The van der Waals surface area contributed by atoms with Crippen molar-refractivity contribution < 1.29 is 4.74 Å². The number of rotatable bonds is 6. The van der Waals surface area contributed by atoms with Gasteiger partial charge < -0.3 is 21.1 Å². The Morgan fingerprint density at radius 1 is 1.20 bits per heavy atom. The van der Waals surface area contributed by atoms with E-state index in [0.717, 1.165) is 5.75 Å². The van der Waals surface area contributed by atoms with Gasteiger partial charge in [-0.3, -0.25) is 0 Å². The standard InChI is InChI=1S/C14H19N5O/c1-10-4-3-5-11(8-10)20-7-6-17-13-9-12(16-2)18-14(15)19-13/h3-5,8-9H,6-7H2,1-2H3,(H4,15,16,17,18,19). The van der Waals surface area contributed by atoms with Crippen LogP contribution in [0.5, 0.6) is 5.75 Å². The smallest absolute Gasteiger partial charge is 0.223 e. The van der Waals surface area contributed by atoms with Gasteiger partial charge in [-0.05, 0) is 24.6 Å². The van der Waals surface area contributed by atoms with E-state index in [2.05, 4.69) is 20.6 Å². The number of aromatic nitrogens is 2. The van der Waals surface area contributed by atoms with Crippen molar-refractivity contribution in [3.63, 3.8) is 0 Å². The van der Waals surface area contributed by atoms with E-state index in [-0.39, 0.29) is 5.95 Å². The summed E-state index contributed by atoms with van der Waals surface area (Å²) in [5, 5.41) is 6.08. The summed E-state index contributed by atoms with van der Waals surface area (Å²) in [6.07, 6.45) is 0. The zero-order valence-electron chi connectivity index (χ0n) is 11.7. The van der Waals surface area contributed by atoms with Gasteiger partial charge >= 0.3 is 0 Å². The second-order valence-electron chi connectivity index (χ2n) is 4.34. The molecule has 20 heavy (non-hydrogen) atoms. The molecule has 0 aliphatic carbocycles. The van der Waals surface area contributed by atoms with Crippen molar-refractivity contribution in [3.8, 4) is 5.75 Å². The summed E-state index contributed by atoms with van der Waals surface area (Å²) in [6, 6.07) is 9.75. The highest BCUT2D eigenvalue weighted by atomic mass is 16.5. The van der Waals surface area contributed by atoms with Crippen LogP contribution in [0.4, 0.5) is 17.6 Å². The highest BCUT2D eigenvalue weighted by Crippen LogP contribution is 2.13. The molecule has 0 amide bonds. The Hall–Kier alpha value is -2.50. The predicted octanol–water partition coefficient (Wildman–Crippen LogP) is 1.90. The fraction of sp³-hybridized carbons (Fsp3) is 0.286. The topological polar surface area (TPSA) is 85.1 Å². The monoisotopic (exact) mass is 273 g/mol. The summed E-state index contributed by atoms with van der Waals surface area (Å²) >= 11 is 0. The van der Waals surface area contributed by atoms with Crippen molar-refractivity contribution in [2.45, 2.75) is 6.92 Å². The molecule has 0 saturated carbocycles. The molecule has 0 fully saturated rings. The lowest BCUT2D eigenvalue weighted by Gasteiger charge is -2.09. The van der Waals surface area contributed by atoms with Gasteiger partial charge in [0.2, 0.25) is 5.95 Å². The van der Waals surface area contributed by atoms with Crippen molar-refractivity contribution >= 4 is 17.6 Å². The summed E-state index contributed by atoms with van der Waals surface area (Å²) in [4.78, 5) is 8.12. The molecule has 0 bridgehead atoms. The largest absolute Gasteiger partial charge is 0.492 e. The van der Waals surface area contributed by atoms with E-state index in [1.807, 2.05) is 31.2 Å². The molecule has 6 nitrogen and oxygen atoms in total. The van der Waals surface area contributed by atoms with Crippen molar-refractivity contribution in [2.24, 2.45) is 0 Å². The van der Waals surface area contributed by atoms with Crippen LogP contribution in [0.2, 0.25) is 0 Å². The SMILES string of the molecule is CNc1cc(NCCOc2cccc(C)c2)nc(N)n1. The number of nitrogens with zero attached hydrogens (tertiary/aromatic N) is 2. The maximum atomic E-state index is 5.64. The van der Waals surface area contributed by atoms with Gasteiger partial charge in [0.1, 0.15) is 24.0 Å². The summed E-state index contributed by atoms with van der Waals surface area (Å²) in [5.41, 5.74) is 6.79. The Balaban J connectivity index is 1.82. The van der Waals surface area contributed by atoms with E-state index in [1.54, 1.807) is 13.1 Å². The molecule has 0 radical (unpaired) electrons. The normalized spacial score (nSPS) is 10.1. The second kappa shape index (κ2) is 6.60. The third-order valence-corrected chi connectivity index (χ3v) is 2.67. The maximum absolute atomic E-state index is 5.64. The van der Waals surface area contributed by atoms with Crippen LogP contribution < -0.4 is 21.1 Å². The van der Waals surface area contributed by atoms with Gasteiger partial charge in [0.25, 0.3) is 0 Å². The van der Waals surface area contributed by atoms with Crippen LogP contribution in [0.1, 0.15) is 5.56 Å². The molecule has 0 unspecified atom stereocenters. The molecule has 6 heteroatoms. The molecular formula is C14H19N5O. The fourth-order valence-corrected chi connectivity index (χ4v) is 1.74. The van der Waals surface area contributed by atoms with Crippen molar-refractivity contribution in [1.82, 2.24) is 9.97 Å². The molecule has 4 N–H and O–H groups in total. The molecule has 0 spiro atoms. The number of nitrogens with two attached hydrogens (primary N) is 1. The van der Waals surface area contributed by atoms with Crippen molar-refractivity contribution in [2.75, 3.05) is 36.6 Å². The second-order valence-corrected chi connectivity index (χ2v) is 4.34. The highest BCUT2D eigenvalue weighted by molar-refractivity contribution is 5.50. The quantitative estimate of drug-likeness (QED) is 0.697. The van der Waals surface area contributed by atoms with Crippen molar-refractivity contribution in [3.05, 3.63) is 35.9 Å². The third kappa shape index (κ3) is 4.01. The molecule has 0 aliphatic rings. The van der Waals surface area contributed by atoms with Gasteiger partial charge in [0.05, 0.1) is 6.54 Å². The summed E-state index contributed by atoms with van der Waals surface area (Å²) in [7, 11) is 1.78. The van der Waals surface area contributed by atoms with E-state index < -0.39 is 0 Å². The third-order valence-electron chi connectivity index (χ3n) is 2.67. The zero-order chi connectivity index (χ0) is 14.4. The van der Waals surface area contributed by atoms with E-state index in [0.29, 0.717) is 24.8 Å². The van der Waals surface area contributed by atoms with Gasteiger partial charge in [-0.2, -0.15) is 9.97 Å². The first-order chi connectivity index (χ1) is 9.67. The van der Waals surface area contributed by atoms with Gasteiger partial charge in [0.15, 0.2) is 0 Å². The van der Waals surface area contributed by atoms with Crippen LogP contribution in [-0.2, 0) is 0 Å². The van der Waals surface area contributed by atoms with Gasteiger partial charge in [-0.15, -0.1) is 0 Å². The van der Waals surface area contributed by atoms with Crippen LogP contribution in [-0.4, -0.2) is 30.2 Å². The lowest BCUT2D eigenvalue weighted by Crippen LogP contribution is -2.13. The highest BCUT2D eigenvalue weighted by Gasteiger charge is 2.00. The Bertz CT molecular complexity index is 573. The number of aryl methyl sites for hydroxylation is 1. The molecule has 2 rings (SSSR count). The number of nitrogen functional groups attached to an aromatic ring is 1. The lowest BCUT2D eigenvalue weighted by atomic mass is 10.2. The Morgan fingerprint density at radius 3 is 2.75 bits per heavy atom. The van der Waals surface area contributed by atoms with E-state index in [4.69, 9.17) is 10.5 Å². The summed E-state index contributed by atoms with van der Waals surface area (Å²) in [5.74, 6) is 2.46. The first kappa shape index (κ1) is 13.9. The van der Waals surface area contributed by atoms with E-state index >= 15 is 0 Å². The van der Waals surface area contributed by atoms with Crippen LogP contribution in [0.3, 0.4) is 0 Å².